The Kier molecular flexibility index (Phi) is 6.84. The van der Waals surface area contributed by atoms with Gasteiger partial charge in [0, 0.05) is 18.2 Å². The molecule has 0 saturated carbocycles. The van der Waals surface area contributed by atoms with Crippen LogP contribution < -0.4 is 10.6 Å². The van der Waals surface area contributed by atoms with Gasteiger partial charge in [0.1, 0.15) is 6.04 Å². The molecular formula is C23H21N3O3. The van der Waals surface area contributed by atoms with Crippen molar-refractivity contribution >= 4 is 17.6 Å². The molecule has 1 heterocycles. The van der Waals surface area contributed by atoms with Gasteiger partial charge in [0.15, 0.2) is 0 Å². The van der Waals surface area contributed by atoms with Crippen LogP contribution in [0.2, 0.25) is 0 Å². The summed E-state index contributed by atoms with van der Waals surface area (Å²) >= 11 is 0. The van der Waals surface area contributed by atoms with Gasteiger partial charge in [-0.05, 0) is 29.8 Å². The molecule has 0 radical (unpaired) electrons. The fraction of sp³-hybridized carbons (Fsp3) is 0.130. The lowest BCUT2D eigenvalue weighted by molar-refractivity contribution is -0.139. The largest absolute Gasteiger partial charge is 0.344 e. The topological polar surface area (TPSA) is 88.2 Å². The minimum atomic E-state index is -0.978. The first-order valence-corrected chi connectivity index (χ1v) is 9.25. The number of nitrogens with one attached hydrogen (secondary N) is 2. The minimum Gasteiger partial charge on any atom is -0.344 e. The number of hydrogen-bond acceptors (Lipinski definition) is 4. The van der Waals surface area contributed by atoms with E-state index in [9.17, 15) is 14.4 Å². The zero-order valence-electron chi connectivity index (χ0n) is 15.7. The van der Waals surface area contributed by atoms with Crippen LogP contribution in [0.15, 0.2) is 85.1 Å². The van der Waals surface area contributed by atoms with E-state index in [1.807, 2.05) is 30.3 Å². The van der Waals surface area contributed by atoms with Crippen molar-refractivity contribution in [1.29, 1.82) is 0 Å². The van der Waals surface area contributed by atoms with E-state index < -0.39 is 23.6 Å². The molecule has 2 amide bonds. The fourth-order valence-electron chi connectivity index (χ4n) is 2.81. The highest BCUT2D eigenvalue weighted by Gasteiger charge is 2.27. The molecule has 6 nitrogen and oxygen atoms in total. The smallest absolute Gasteiger partial charge is 0.289 e. The van der Waals surface area contributed by atoms with Gasteiger partial charge in [0.2, 0.25) is 5.78 Å². The van der Waals surface area contributed by atoms with E-state index in [4.69, 9.17) is 0 Å². The van der Waals surface area contributed by atoms with E-state index >= 15 is 0 Å². The van der Waals surface area contributed by atoms with Gasteiger partial charge in [-0.2, -0.15) is 0 Å². The predicted octanol–water partition coefficient (Wildman–Crippen LogP) is 2.31. The molecule has 2 N–H and O–H groups in total. The highest BCUT2D eigenvalue weighted by molar-refractivity contribution is 6.38. The molecule has 0 aliphatic carbocycles. The Bertz CT molecular complexity index is 960. The van der Waals surface area contributed by atoms with Crippen LogP contribution in [0.3, 0.4) is 0 Å². The number of Topliss-reactive ketones (excluding diaryl/α,β-unsaturated/α-hetero) is 1. The molecule has 6 heteroatoms. The van der Waals surface area contributed by atoms with Gasteiger partial charge in [-0.3, -0.25) is 19.4 Å². The molecule has 29 heavy (non-hydrogen) atoms. The van der Waals surface area contributed by atoms with Crippen molar-refractivity contribution in [2.45, 2.75) is 19.0 Å². The molecule has 0 aliphatic heterocycles. The maximum Gasteiger partial charge on any atom is 0.289 e. The number of benzene rings is 2. The summed E-state index contributed by atoms with van der Waals surface area (Å²) in [5.74, 6) is -1.86. The van der Waals surface area contributed by atoms with Crippen LogP contribution in [-0.2, 0) is 22.6 Å². The zero-order chi connectivity index (χ0) is 20.5. The summed E-state index contributed by atoms with van der Waals surface area (Å²) in [4.78, 5) is 41.9. The van der Waals surface area contributed by atoms with Crippen molar-refractivity contribution in [3.8, 4) is 0 Å². The van der Waals surface area contributed by atoms with Gasteiger partial charge in [0.05, 0.1) is 12.2 Å². The van der Waals surface area contributed by atoms with Gasteiger partial charge >= 0.3 is 0 Å². The Morgan fingerprint density at radius 3 is 2.14 bits per heavy atom. The quantitative estimate of drug-likeness (QED) is 0.581. The van der Waals surface area contributed by atoms with Gasteiger partial charge in [-0.15, -0.1) is 0 Å². The minimum absolute atomic E-state index is 0.135. The van der Waals surface area contributed by atoms with E-state index in [2.05, 4.69) is 15.6 Å². The second-order valence-electron chi connectivity index (χ2n) is 6.45. The molecule has 3 aromatic rings. The van der Waals surface area contributed by atoms with E-state index in [1.165, 1.54) is 0 Å². The zero-order valence-corrected chi connectivity index (χ0v) is 15.7. The number of rotatable bonds is 8. The lowest BCUT2D eigenvalue weighted by Gasteiger charge is -2.17. The molecule has 146 valence electrons. The number of amides is 2. The van der Waals surface area contributed by atoms with E-state index in [-0.39, 0.29) is 13.0 Å². The molecule has 0 fully saturated rings. The standard InChI is InChI=1S/C23H21N3O3/c27-21(23(29)25-16-19-13-7-8-14-24-19)20(15-17-9-3-1-4-10-17)26-22(28)18-11-5-2-6-12-18/h1-14,20H,15-16H2,(H,25,29)(H,26,28)/t20-/m1/s1. The van der Waals surface area contributed by atoms with Crippen LogP contribution in [0.1, 0.15) is 21.6 Å². The maximum absolute atomic E-state index is 12.8. The van der Waals surface area contributed by atoms with Crippen molar-refractivity contribution in [3.63, 3.8) is 0 Å². The summed E-state index contributed by atoms with van der Waals surface area (Å²) in [6, 6.07) is 22.2. The molecule has 0 bridgehead atoms. The summed E-state index contributed by atoms with van der Waals surface area (Å²) in [6.45, 7) is 0.135. The Morgan fingerprint density at radius 1 is 0.828 bits per heavy atom. The molecule has 1 aromatic heterocycles. The lowest BCUT2D eigenvalue weighted by Crippen LogP contribution is -2.48. The first-order valence-electron chi connectivity index (χ1n) is 9.25. The number of hydrogen-bond donors (Lipinski definition) is 2. The molecule has 3 rings (SSSR count). The van der Waals surface area contributed by atoms with E-state index in [0.29, 0.717) is 11.3 Å². The molecule has 1 atom stereocenters. The first-order chi connectivity index (χ1) is 14.1. The van der Waals surface area contributed by atoms with Crippen LogP contribution in [-0.4, -0.2) is 28.6 Å². The third-order valence-electron chi connectivity index (χ3n) is 4.32. The fourth-order valence-corrected chi connectivity index (χ4v) is 2.81. The van der Waals surface area contributed by atoms with Crippen LogP contribution >= 0.6 is 0 Å². The lowest BCUT2D eigenvalue weighted by atomic mass is 10.0. The average Bonchev–Trinajstić information content (AvgIpc) is 2.78. The summed E-state index contributed by atoms with van der Waals surface area (Å²) in [6.07, 6.45) is 1.83. The highest BCUT2D eigenvalue weighted by atomic mass is 16.2. The maximum atomic E-state index is 12.8. The van der Waals surface area contributed by atoms with Gasteiger partial charge in [0.25, 0.3) is 11.8 Å². The van der Waals surface area contributed by atoms with Crippen LogP contribution in [0, 0.1) is 0 Å². The normalized spacial score (nSPS) is 11.3. The molecule has 0 saturated heterocycles. The van der Waals surface area contributed by atoms with Gasteiger partial charge in [-0.25, -0.2) is 0 Å². The Hall–Kier alpha value is -3.80. The molecule has 0 unspecified atom stereocenters. The highest BCUT2D eigenvalue weighted by Crippen LogP contribution is 2.07. The first kappa shape index (κ1) is 19.9. The number of carbonyl (C=O) groups is 3. The van der Waals surface area contributed by atoms with Crippen molar-refractivity contribution in [2.75, 3.05) is 0 Å². The van der Waals surface area contributed by atoms with Crippen molar-refractivity contribution < 1.29 is 14.4 Å². The third-order valence-corrected chi connectivity index (χ3v) is 4.32. The molecule has 0 aliphatic rings. The summed E-state index contributed by atoms with van der Waals surface area (Å²) in [5, 5.41) is 5.27. The van der Waals surface area contributed by atoms with Crippen LogP contribution in [0.25, 0.3) is 0 Å². The van der Waals surface area contributed by atoms with Crippen molar-refractivity contribution in [1.82, 2.24) is 15.6 Å². The summed E-state index contributed by atoms with van der Waals surface area (Å²) in [5.41, 5.74) is 1.91. The van der Waals surface area contributed by atoms with Crippen molar-refractivity contribution in [2.24, 2.45) is 0 Å². The number of carbonyl (C=O) groups excluding carboxylic acids is 3. The van der Waals surface area contributed by atoms with Gasteiger partial charge in [-0.1, -0.05) is 54.6 Å². The second-order valence-corrected chi connectivity index (χ2v) is 6.45. The number of nitrogens with zero attached hydrogens (tertiary/aromatic N) is 1. The Morgan fingerprint density at radius 2 is 1.48 bits per heavy atom. The average molecular weight is 387 g/mol. The summed E-state index contributed by atoms with van der Waals surface area (Å²) < 4.78 is 0. The number of pyridine rings is 1. The Labute approximate surface area is 169 Å². The SMILES string of the molecule is O=C(NCc1ccccn1)C(=O)[C@@H](Cc1ccccc1)NC(=O)c1ccccc1. The monoisotopic (exact) mass is 387 g/mol. The molecule has 2 aromatic carbocycles. The predicted molar refractivity (Wildman–Crippen MR) is 109 cm³/mol. The van der Waals surface area contributed by atoms with E-state index in [1.54, 1.807) is 54.7 Å². The molecular weight excluding hydrogens is 366 g/mol. The van der Waals surface area contributed by atoms with Crippen LogP contribution in [0.4, 0.5) is 0 Å². The van der Waals surface area contributed by atoms with Gasteiger partial charge < -0.3 is 10.6 Å². The number of aromatic nitrogens is 1. The van der Waals surface area contributed by atoms with E-state index in [0.717, 1.165) is 5.56 Å². The van der Waals surface area contributed by atoms with Crippen LogP contribution in [0.5, 0.6) is 0 Å². The second kappa shape index (κ2) is 9.94. The Balaban J connectivity index is 1.71. The number of ketones is 1. The summed E-state index contributed by atoms with van der Waals surface area (Å²) in [7, 11) is 0. The third kappa shape index (κ3) is 5.84. The van der Waals surface area contributed by atoms with Crippen molar-refractivity contribution in [3.05, 3.63) is 102 Å². The molecule has 0 spiro atoms.